The number of hydrogen-bond donors (Lipinski definition) is 1. The van der Waals surface area contributed by atoms with Crippen LogP contribution in [0.1, 0.15) is 63.4 Å². The van der Waals surface area contributed by atoms with Crippen molar-refractivity contribution in [2.24, 2.45) is 5.92 Å². The number of tetrazole rings is 1. The Labute approximate surface area is 240 Å². The van der Waals surface area contributed by atoms with Gasteiger partial charge in [-0.1, -0.05) is 12.1 Å². The van der Waals surface area contributed by atoms with Crippen molar-refractivity contribution >= 4 is 5.57 Å². The topological polar surface area (TPSA) is 87.0 Å². The average molecular weight is 593 g/mol. The number of halogens is 5. The molecule has 2 aliphatic rings. The number of nitrogens with zero attached hydrogens (tertiary/aromatic N) is 5. The molecule has 3 heterocycles. The molecule has 5 rings (SSSR count). The van der Waals surface area contributed by atoms with Crippen molar-refractivity contribution in [2.45, 2.75) is 69.9 Å². The van der Waals surface area contributed by atoms with E-state index in [-0.39, 0.29) is 41.9 Å². The highest BCUT2D eigenvalue weighted by molar-refractivity contribution is 5.74. The van der Waals surface area contributed by atoms with Crippen molar-refractivity contribution in [3.05, 3.63) is 65.4 Å². The Morgan fingerprint density at radius 1 is 1.19 bits per heavy atom. The van der Waals surface area contributed by atoms with Crippen LogP contribution in [0.25, 0.3) is 11.3 Å². The van der Waals surface area contributed by atoms with E-state index < -0.39 is 29.8 Å². The van der Waals surface area contributed by atoms with Gasteiger partial charge in [0.2, 0.25) is 5.88 Å². The Morgan fingerprint density at radius 2 is 1.93 bits per heavy atom. The van der Waals surface area contributed by atoms with Gasteiger partial charge >= 0.3 is 6.18 Å². The van der Waals surface area contributed by atoms with Gasteiger partial charge in [-0.3, -0.25) is 0 Å². The van der Waals surface area contributed by atoms with Crippen molar-refractivity contribution in [1.82, 2.24) is 30.5 Å². The minimum Gasteiger partial charge on any atom is -0.475 e. The molecule has 13 heteroatoms. The Bertz CT molecular complexity index is 1440. The maximum Gasteiger partial charge on any atom is 0.453 e. The number of ether oxygens (including phenoxy) is 2. The Hall–Kier alpha value is -3.45. The Balaban J connectivity index is 1.56. The van der Waals surface area contributed by atoms with E-state index in [0.29, 0.717) is 28.8 Å². The van der Waals surface area contributed by atoms with Crippen LogP contribution in [0.5, 0.6) is 5.88 Å². The first-order valence-electron chi connectivity index (χ1n) is 13.8. The van der Waals surface area contributed by atoms with Gasteiger partial charge in [0.1, 0.15) is 12.5 Å². The largest absolute Gasteiger partial charge is 0.475 e. The monoisotopic (exact) mass is 592 g/mol. The Kier molecular flexibility index (Phi) is 8.10. The zero-order valence-electron chi connectivity index (χ0n) is 23.8. The smallest absolute Gasteiger partial charge is 0.453 e. The van der Waals surface area contributed by atoms with Gasteiger partial charge in [-0.15, -0.1) is 5.10 Å². The minimum absolute atomic E-state index is 0.0114. The lowest BCUT2D eigenvalue weighted by atomic mass is 9.79. The van der Waals surface area contributed by atoms with Gasteiger partial charge in [-0.05, 0) is 98.8 Å². The van der Waals surface area contributed by atoms with Crippen LogP contribution < -0.4 is 10.1 Å². The van der Waals surface area contributed by atoms with Crippen LogP contribution in [0, 0.1) is 11.7 Å². The van der Waals surface area contributed by atoms with E-state index in [2.05, 4.69) is 25.8 Å². The van der Waals surface area contributed by atoms with E-state index in [1.54, 1.807) is 26.0 Å². The summed E-state index contributed by atoms with van der Waals surface area (Å²) >= 11 is 0. The first-order valence-corrected chi connectivity index (χ1v) is 13.8. The molecule has 226 valence electrons. The molecule has 1 aliphatic carbocycles. The number of pyridine rings is 1. The lowest BCUT2D eigenvalue weighted by Crippen LogP contribution is -2.45. The average Bonchev–Trinajstić information content (AvgIpc) is 3.67. The summed E-state index contributed by atoms with van der Waals surface area (Å²) in [6.45, 7) is 7.36. The van der Waals surface area contributed by atoms with Crippen molar-refractivity contribution < 1.29 is 31.4 Å². The van der Waals surface area contributed by atoms with Crippen LogP contribution in [0.15, 0.2) is 42.6 Å². The van der Waals surface area contributed by atoms with Gasteiger partial charge in [0, 0.05) is 17.0 Å². The van der Waals surface area contributed by atoms with Crippen molar-refractivity contribution in [1.29, 1.82) is 0 Å². The van der Waals surface area contributed by atoms with Gasteiger partial charge in [0.15, 0.2) is 0 Å². The van der Waals surface area contributed by atoms with Gasteiger partial charge in [0.25, 0.3) is 5.82 Å². The van der Waals surface area contributed by atoms with E-state index in [1.807, 2.05) is 19.9 Å². The van der Waals surface area contributed by atoms with E-state index in [9.17, 15) is 22.0 Å². The lowest BCUT2D eigenvalue weighted by Gasteiger charge is -2.34. The number of benzene rings is 1. The summed E-state index contributed by atoms with van der Waals surface area (Å²) in [7, 11) is 0. The first kappa shape index (κ1) is 30.0. The highest BCUT2D eigenvalue weighted by Gasteiger charge is 2.51. The maximum absolute atomic E-state index is 13.9. The zero-order valence-corrected chi connectivity index (χ0v) is 23.8. The fourth-order valence-corrected chi connectivity index (χ4v) is 5.74. The standard InChI is InChI=1S/C29H33F5N6O2/c1-17(2)42-25-23(11-22(14-35-25)40-26(29(32,33)34)37-38-39-40)20-12-28(41-15-20)10-9-19(13-36-27(3,4)16-30)24(28)18-5-7-21(31)8-6-18/h5-8,11-12,14,17,19,24,36H,9-10,13,15-16H2,1-4H3/t19-,24-,28-/m1/s1. The zero-order chi connectivity index (χ0) is 30.3. The van der Waals surface area contributed by atoms with Gasteiger partial charge in [-0.2, -0.15) is 17.9 Å². The second-order valence-electron chi connectivity index (χ2n) is 11.8. The first-order chi connectivity index (χ1) is 19.8. The molecule has 0 amide bonds. The molecule has 1 aliphatic heterocycles. The minimum atomic E-state index is -4.78. The number of rotatable bonds is 9. The molecular formula is C29H33F5N6O2. The third-order valence-corrected chi connectivity index (χ3v) is 7.72. The summed E-state index contributed by atoms with van der Waals surface area (Å²) in [5.74, 6) is -1.55. The molecule has 3 atom stereocenters. The highest BCUT2D eigenvalue weighted by atomic mass is 19.4. The molecule has 0 radical (unpaired) electrons. The van der Waals surface area contributed by atoms with Crippen LogP contribution in [-0.4, -0.2) is 62.3 Å². The van der Waals surface area contributed by atoms with Gasteiger partial charge < -0.3 is 14.8 Å². The Morgan fingerprint density at radius 3 is 2.60 bits per heavy atom. The summed E-state index contributed by atoms with van der Waals surface area (Å²) in [6, 6.07) is 7.80. The maximum atomic E-state index is 13.9. The number of nitrogens with one attached hydrogen (secondary N) is 1. The fourth-order valence-electron chi connectivity index (χ4n) is 5.74. The summed E-state index contributed by atoms with van der Waals surface area (Å²) in [4.78, 5) is 4.34. The number of alkyl halides is 4. The molecule has 0 unspecified atom stereocenters. The third kappa shape index (κ3) is 6.03. The molecule has 1 aromatic carbocycles. The summed E-state index contributed by atoms with van der Waals surface area (Å²) < 4.78 is 81.2. The van der Waals surface area contributed by atoms with Crippen molar-refractivity contribution in [3.8, 4) is 11.6 Å². The van der Waals surface area contributed by atoms with Crippen LogP contribution in [0.2, 0.25) is 0 Å². The van der Waals surface area contributed by atoms with Crippen LogP contribution in [0.3, 0.4) is 0 Å². The van der Waals surface area contributed by atoms with Crippen LogP contribution in [0.4, 0.5) is 22.0 Å². The second-order valence-corrected chi connectivity index (χ2v) is 11.8. The summed E-state index contributed by atoms with van der Waals surface area (Å²) in [5.41, 5.74) is 0.548. The quantitative estimate of drug-likeness (QED) is 0.320. The predicted octanol–water partition coefficient (Wildman–Crippen LogP) is 5.69. The predicted molar refractivity (Wildman–Crippen MR) is 144 cm³/mol. The van der Waals surface area contributed by atoms with Crippen LogP contribution >= 0.6 is 0 Å². The summed E-state index contributed by atoms with van der Waals surface area (Å²) in [6.07, 6.45) is -0.425. The third-order valence-electron chi connectivity index (χ3n) is 7.72. The molecular weight excluding hydrogens is 559 g/mol. The molecule has 1 spiro atoms. The van der Waals surface area contributed by atoms with Crippen molar-refractivity contribution in [2.75, 3.05) is 19.8 Å². The molecule has 2 aromatic heterocycles. The van der Waals surface area contributed by atoms with E-state index in [4.69, 9.17) is 9.47 Å². The van der Waals surface area contributed by atoms with Crippen LogP contribution in [-0.2, 0) is 10.9 Å². The lowest BCUT2D eigenvalue weighted by molar-refractivity contribution is -0.146. The van der Waals surface area contributed by atoms with E-state index in [1.165, 1.54) is 24.4 Å². The van der Waals surface area contributed by atoms with E-state index in [0.717, 1.165) is 12.0 Å². The van der Waals surface area contributed by atoms with Gasteiger partial charge in [0.05, 0.1) is 30.2 Å². The normalized spacial score (nSPS) is 22.8. The van der Waals surface area contributed by atoms with E-state index >= 15 is 0 Å². The molecule has 3 aromatic rings. The summed E-state index contributed by atoms with van der Waals surface area (Å²) in [5, 5.41) is 13.2. The molecule has 1 saturated carbocycles. The molecule has 8 nitrogen and oxygen atoms in total. The highest BCUT2D eigenvalue weighted by Crippen LogP contribution is 2.54. The number of hydrogen-bond acceptors (Lipinski definition) is 7. The molecule has 1 N–H and O–H groups in total. The molecule has 0 bridgehead atoms. The van der Waals surface area contributed by atoms with Gasteiger partial charge in [-0.25, -0.2) is 13.8 Å². The molecule has 1 fully saturated rings. The number of aromatic nitrogens is 5. The fraction of sp³-hybridized carbons (Fsp3) is 0.517. The van der Waals surface area contributed by atoms with Crippen molar-refractivity contribution in [3.63, 3.8) is 0 Å². The molecule has 42 heavy (non-hydrogen) atoms. The second kappa shape index (κ2) is 11.3. The molecule has 0 saturated heterocycles. The SMILES string of the molecule is CC(C)Oc1ncc(-n2nnnc2C(F)(F)F)cc1C1=C[C@@]2(CC[C@H](CNC(C)(C)CF)[C@H]2c2ccc(F)cc2)OC1.